The maximum Gasteiger partial charge on any atom is 0.331 e. The quantitative estimate of drug-likeness (QED) is 0.531. The fourth-order valence-corrected chi connectivity index (χ4v) is 1.44. The van der Waals surface area contributed by atoms with E-state index < -0.39 is 5.97 Å². The molecule has 0 radical (unpaired) electrons. The standard InChI is InChI=1S/C13H23NO3/c1-5-6-7-8-9(2)14-12(15)10(3)11(4)13(16)17/h9H,5-8H2,1-4H3,(H,14,15)(H,16,17). The number of aliphatic carboxylic acids is 1. The van der Waals surface area contributed by atoms with Gasteiger partial charge in [0.25, 0.3) is 0 Å². The smallest absolute Gasteiger partial charge is 0.331 e. The van der Waals surface area contributed by atoms with Crippen molar-refractivity contribution in [1.29, 1.82) is 0 Å². The molecule has 0 bridgehead atoms. The van der Waals surface area contributed by atoms with Crippen LogP contribution in [0.15, 0.2) is 11.1 Å². The van der Waals surface area contributed by atoms with Crippen molar-refractivity contribution in [2.75, 3.05) is 0 Å². The molecule has 1 amide bonds. The van der Waals surface area contributed by atoms with Gasteiger partial charge in [-0.1, -0.05) is 26.2 Å². The number of unbranched alkanes of at least 4 members (excludes halogenated alkanes) is 2. The summed E-state index contributed by atoms with van der Waals surface area (Å²) in [5, 5.41) is 11.6. The summed E-state index contributed by atoms with van der Waals surface area (Å²) in [5.41, 5.74) is 0.378. The predicted molar refractivity (Wildman–Crippen MR) is 67.8 cm³/mol. The minimum Gasteiger partial charge on any atom is -0.478 e. The maximum atomic E-state index is 11.7. The second kappa shape index (κ2) is 7.87. The van der Waals surface area contributed by atoms with Gasteiger partial charge in [0.05, 0.1) is 0 Å². The van der Waals surface area contributed by atoms with Crippen LogP contribution in [0.5, 0.6) is 0 Å². The van der Waals surface area contributed by atoms with E-state index in [2.05, 4.69) is 12.2 Å². The number of carbonyl (C=O) groups excluding carboxylic acids is 1. The number of amides is 1. The van der Waals surface area contributed by atoms with Gasteiger partial charge in [-0.25, -0.2) is 4.79 Å². The molecule has 0 fully saturated rings. The molecular formula is C13H23NO3. The molecule has 1 atom stereocenters. The second-order valence-corrected chi connectivity index (χ2v) is 4.43. The summed E-state index contributed by atoms with van der Waals surface area (Å²) in [7, 11) is 0. The number of rotatable bonds is 7. The maximum absolute atomic E-state index is 11.7. The van der Waals surface area contributed by atoms with Crippen LogP contribution in [0, 0.1) is 0 Å². The number of hydrogen-bond donors (Lipinski definition) is 2. The number of nitrogens with one attached hydrogen (secondary N) is 1. The Morgan fingerprint density at radius 2 is 1.76 bits per heavy atom. The summed E-state index contributed by atoms with van der Waals surface area (Å²) in [4.78, 5) is 22.4. The zero-order valence-corrected chi connectivity index (χ0v) is 11.2. The Morgan fingerprint density at radius 3 is 2.24 bits per heavy atom. The number of carboxylic acids is 1. The van der Waals surface area contributed by atoms with Gasteiger partial charge in [0.1, 0.15) is 0 Å². The van der Waals surface area contributed by atoms with Gasteiger partial charge in [0.2, 0.25) is 5.91 Å². The first-order valence-electron chi connectivity index (χ1n) is 6.11. The van der Waals surface area contributed by atoms with Gasteiger partial charge in [-0.2, -0.15) is 0 Å². The molecular weight excluding hydrogens is 218 g/mol. The molecule has 4 nitrogen and oxygen atoms in total. The van der Waals surface area contributed by atoms with Crippen LogP contribution >= 0.6 is 0 Å². The molecule has 0 saturated carbocycles. The van der Waals surface area contributed by atoms with Crippen molar-refractivity contribution in [3.8, 4) is 0 Å². The van der Waals surface area contributed by atoms with Gasteiger partial charge in [0, 0.05) is 17.2 Å². The highest BCUT2D eigenvalue weighted by molar-refractivity contribution is 6.01. The average Bonchev–Trinajstić information content (AvgIpc) is 2.27. The monoisotopic (exact) mass is 241 g/mol. The highest BCUT2D eigenvalue weighted by atomic mass is 16.4. The molecule has 1 unspecified atom stereocenters. The molecule has 17 heavy (non-hydrogen) atoms. The van der Waals surface area contributed by atoms with Crippen molar-refractivity contribution in [1.82, 2.24) is 5.32 Å². The van der Waals surface area contributed by atoms with Crippen molar-refractivity contribution >= 4 is 11.9 Å². The molecule has 0 aliphatic carbocycles. The minimum absolute atomic E-state index is 0.0885. The first kappa shape index (κ1) is 15.7. The largest absolute Gasteiger partial charge is 0.478 e. The van der Waals surface area contributed by atoms with E-state index in [1.54, 1.807) is 0 Å². The lowest BCUT2D eigenvalue weighted by molar-refractivity contribution is -0.133. The van der Waals surface area contributed by atoms with E-state index in [4.69, 9.17) is 5.11 Å². The van der Waals surface area contributed by atoms with Gasteiger partial charge >= 0.3 is 5.97 Å². The Kier molecular flexibility index (Phi) is 7.26. The Balaban J connectivity index is 4.26. The Bertz CT molecular complexity index is 308. The fourth-order valence-electron chi connectivity index (χ4n) is 1.44. The average molecular weight is 241 g/mol. The Hall–Kier alpha value is -1.32. The number of carbonyl (C=O) groups is 2. The van der Waals surface area contributed by atoms with Crippen molar-refractivity contribution in [2.24, 2.45) is 0 Å². The van der Waals surface area contributed by atoms with Crippen LogP contribution in [0.2, 0.25) is 0 Å². The van der Waals surface area contributed by atoms with E-state index in [-0.39, 0.29) is 23.1 Å². The summed E-state index contributed by atoms with van der Waals surface area (Å²) >= 11 is 0. The summed E-state index contributed by atoms with van der Waals surface area (Å²) in [5.74, 6) is -1.33. The molecule has 0 saturated heterocycles. The third-order valence-electron chi connectivity index (χ3n) is 2.84. The third kappa shape index (κ3) is 6.09. The van der Waals surface area contributed by atoms with Crippen LogP contribution in [0.4, 0.5) is 0 Å². The van der Waals surface area contributed by atoms with Gasteiger partial charge in [-0.15, -0.1) is 0 Å². The van der Waals surface area contributed by atoms with Gasteiger partial charge in [-0.05, 0) is 27.2 Å². The van der Waals surface area contributed by atoms with E-state index in [0.29, 0.717) is 0 Å². The SMILES string of the molecule is CCCCCC(C)NC(=O)C(C)=C(C)C(=O)O. The molecule has 0 aliphatic heterocycles. The molecule has 0 aromatic carbocycles. The first-order valence-corrected chi connectivity index (χ1v) is 6.11. The third-order valence-corrected chi connectivity index (χ3v) is 2.84. The first-order chi connectivity index (χ1) is 7.90. The van der Waals surface area contributed by atoms with Gasteiger partial charge < -0.3 is 10.4 Å². The van der Waals surface area contributed by atoms with Crippen LogP contribution in [-0.4, -0.2) is 23.0 Å². The van der Waals surface area contributed by atoms with E-state index in [0.717, 1.165) is 25.7 Å². The predicted octanol–water partition coefficient (Wildman–Crippen LogP) is 2.49. The zero-order chi connectivity index (χ0) is 13.4. The van der Waals surface area contributed by atoms with E-state index in [1.165, 1.54) is 13.8 Å². The van der Waals surface area contributed by atoms with Crippen molar-refractivity contribution in [2.45, 2.75) is 59.4 Å². The summed E-state index contributed by atoms with van der Waals surface area (Å²) < 4.78 is 0. The molecule has 0 spiro atoms. The van der Waals surface area contributed by atoms with Crippen LogP contribution in [0.1, 0.15) is 53.4 Å². The lowest BCUT2D eigenvalue weighted by atomic mass is 10.1. The second-order valence-electron chi connectivity index (χ2n) is 4.43. The van der Waals surface area contributed by atoms with E-state index in [1.807, 2.05) is 6.92 Å². The molecule has 0 rings (SSSR count). The van der Waals surface area contributed by atoms with E-state index in [9.17, 15) is 9.59 Å². The lowest BCUT2D eigenvalue weighted by Crippen LogP contribution is -2.33. The van der Waals surface area contributed by atoms with Crippen LogP contribution in [0.25, 0.3) is 0 Å². The van der Waals surface area contributed by atoms with Crippen LogP contribution in [-0.2, 0) is 9.59 Å². The fraction of sp³-hybridized carbons (Fsp3) is 0.692. The summed E-state index contributed by atoms with van der Waals surface area (Å²) in [6.45, 7) is 7.06. The number of carboxylic acid groups (broad SMARTS) is 1. The highest BCUT2D eigenvalue weighted by Crippen LogP contribution is 2.06. The number of hydrogen-bond acceptors (Lipinski definition) is 2. The highest BCUT2D eigenvalue weighted by Gasteiger charge is 2.14. The van der Waals surface area contributed by atoms with E-state index >= 15 is 0 Å². The molecule has 98 valence electrons. The van der Waals surface area contributed by atoms with Crippen LogP contribution < -0.4 is 5.32 Å². The lowest BCUT2D eigenvalue weighted by Gasteiger charge is -2.14. The molecule has 0 heterocycles. The van der Waals surface area contributed by atoms with Gasteiger partial charge in [0.15, 0.2) is 0 Å². The minimum atomic E-state index is -1.05. The van der Waals surface area contributed by atoms with Gasteiger partial charge in [-0.3, -0.25) is 4.79 Å². The topological polar surface area (TPSA) is 66.4 Å². The normalized spacial score (nSPS) is 13.9. The van der Waals surface area contributed by atoms with Crippen LogP contribution in [0.3, 0.4) is 0 Å². The summed E-state index contributed by atoms with van der Waals surface area (Å²) in [6, 6.07) is 0.0885. The van der Waals surface area contributed by atoms with Crippen molar-refractivity contribution in [3.63, 3.8) is 0 Å². The molecule has 0 aromatic rings. The molecule has 2 N–H and O–H groups in total. The Labute approximate surface area is 103 Å². The Morgan fingerprint density at radius 1 is 1.18 bits per heavy atom. The molecule has 0 aliphatic rings. The molecule has 4 heteroatoms. The van der Waals surface area contributed by atoms with Crippen molar-refractivity contribution < 1.29 is 14.7 Å². The molecule has 0 aromatic heterocycles. The van der Waals surface area contributed by atoms with Crippen molar-refractivity contribution in [3.05, 3.63) is 11.1 Å². The summed E-state index contributed by atoms with van der Waals surface area (Å²) in [6.07, 6.45) is 4.32. The zero-order valence-electron chi connectivity index (χ0n) is 11.2.